The van der Waals surface area contributed by atoms with E-state index in [0.29, 0.717) is 25.3 Å². The van der Waals surface area contributed by atoms with Crippen molar-refractivity contribution in [3.8, 4) is 11.5 Å². The highest BCUT2D eigenvalue weighted by Gasteiger charge is 2.21. The van der Waals surface area contributed by atoms with Crippen molar-refractivity contribution < 1.29 is 22.8 Å². The van der Waals surface area contributed by atoms with Gasteiger partial charge in [0, 0.05) is 37.8 Å². The van der Waals surface area contributed by atoms with E-state index in [1.807, 2.05) is 6.07 Å². The van der Waals surface area contributed by atoms with E-state index in [4.69, 9.17) is 9.47 Å². The average molecular weight is 486 g/mol. The maximum atomic E-state index is 12.7. The van der Waals surface area contributed by atoms with Crippen molar-refractivity contribution in [2.24, 2.45) is 0 Å². The molecule has 9 nitrogen and oxygen atoms in total. The van der Waals surface area contributed by atoms with Gasteiger partial charge in [-0.25, -0.2) is 13.1 Å². The Morgan fingerprint density at radius 3 is 2.56 bits per heavy atom. The Morgan fingerprint density at radius 2 is 1.88 bits per heavy atom. The number of sulfonamides is 1. The van der Waals surface area contributed by atoms with E-state index in [-0.39, 0.29) is 33.7 Å². The van der Waals surface area contributed by atoms with Crippen LogP contribution in [-0.4, -0.2) is 52.1 Å². The summed E-state index contributed by atoms with van der Waals surface area (Å²) < 4.78 is 38.2. The van der Waals surface area contributed by atoms with Crippen LogP contribution in [0.4, 0.5) is 5.69 Å². The molecule has 2 aromatic carbocycles. The quantitative estimate of drug-likeness (QED) is 0.312. The number of ether oxygens (including phenoxy) is 2. The molecule has 0 aromatic heterocycles. The van der Waals surface area contributed by atoms with Gasteiger partial charge in [0.25, 0.3) is 5.69 Å². The first-order chi connectivity index (χ1) is 14.8. The van der Waals surface area contributed by atoms with Gasteiger partial charge in [0.1, 0.15) is 16.4 Å². The minimum absolute atomic E-state index is 0. The molecule has 3 rings (SSSR count). The largest absolute Gasteiger partial charge is 0.497 e. The van der Waals surface area contributed by atoms with Gasteiger partial charge in [-0.05, 0) is 49.1 Å². The summed E-state index contributed by atoms with van der Waals surface area (Å²) in [5, 5.41) is 11.0. The molecule has 1 N–H and O–H groups in total. The van der Waals surface area contributed by atoms with Crippen LogP contribution in [0.2, 0.25) is 0 Å². The SMILES string of the molecule is COc1ccc(OC)c(S(=O)(=O)NCCCCN2CCc3ccc([N+](=O)[O-])cc3C2)c1.Cl. The fraction of sp³-hybridized carbons (Fsp3) is 0.429. The zero-order valence-corrected chi connectivity index (χ0v) is 19.7. The van der Waals surface area contributed by atoms with Crippen molar-refractivity contribution in [2.45, 2.75) is 30.7 Å². The van der Waals surface area contributed by atoms with E-state index >= 15 is 0 Å². The number of rotatable bonds is 10. The maximum absolute atomic E-state index is 12.7. The number of hydrogen-bond donors (Lipinski definition) is 1. The van der Waals surface area contributed by atoms with Crippen molar-refractivity contribution in [2.75, 3.05) is 33.9 Å². The molecule has 0 bridgehead atoms. The molecule has 0 saturated carbocycles. The van der Waals surface area contributed by atoms with Crippen LogP contribution in [-0.2, 0) is 23.0 Å². The summed E-state index contributed by atoms with van der Waals surface area (Å²) in [6.07, 6.45) is 2.33. The highest BCUT2D eigenvalue weighted by molar-refractivity contribution is 7.89. The Hall–Kier alpha value is -2.40. The molecule has 0 saturated heterocycles. The summed E-state index contributed by atoms with van der Waals surface area (Å²) in [5.74, 6) is 0.696. The highest BCUT2D eigenvalue weighted by Crippen LogP contribution is 2.28. The molecule has 0 amide bonds. The zero-order chi connectivity index (χ0) is 22.4. The van der Waals surface area contributed by atoms with Crippen LogP contribution >= 0.6 is 12.4 Å². The Balaban J connectivity index is 0.00000363. The first-order valence-corrected chi connectivity index (χ1v) is 11.5. The van der Waals surface area contributed by atoms with E-state index in [1.165, 1.54) is 20.3 Å². The third-order valence-electron chi connectivity index (χ3n) is 5.35. The lowest BCUT2D eigenvalue weighted by molar-refractivity contribution is -0.385. The lowest BCUT2D eigenvalue weighted by atomic mass is 9.99. The molecule has 0 fully saturated rings. The van der Waals surface area contributed by atoms with Crippen LogP contribution in [0.15, 0.2) is 41.3 Å². The molecular weight excluding hydrogens is 458 g/mol. The van der Waals surface area contributed by atoms with Gasteiger partial charge in [-0.1, -0.05) is 6.07 Å². The second-order valence-electron chi connectivity index (χ2n) is 7.36. The smallest absolute Gasteiger partial charge is 0.269 e. The van der Waals surface area contributed by atoms with Crippen LogP contribution in [0.3, 0.4) is 0 Å². The second-order valence-corrected chi connectivity index (χ2v) is 9.09. The molecule has 0 atom stereocenters. The summed E-state index contributed by atoms with van der Waals surface area (Å²) in [6, 6.07) is 9.68. The molecule has 11 heteroatoms. The lowest BCUT2D eigenvalue weighted by Crippen LogP contribution is -2.32. The third-order valence-corrected chi connectivity index (χ3v) is 6.83. The summed E-state index contributed by atoms with van der Waals surface area (Å²) in [5.41, 5.74) is 2.26. The lowest BCUT2D eigenvalue weighted by Gasteiger charge is -2.28. The number of fused-ring (bicyclic) bond motifs is 1. The second kappa shape index (κ2) is 11.5. The number of nitro benzene ring substituents is 1. The Kier molecular flexibility index (Phi) is 9.26. The molecule has 1 aliphatic rings. The molecule has 32 heavy (non-hydrogen) atoms. The van der Waals surface area contributed by atoms with Crippen LogP contribution in [0.1, 0.15) is 24.0 Å². The summed E-state index contributed by atoms with van der Waals surface area (Å²) in [7, 11) is -0.828. The minimum Gasteiger partial charge on any atom is -0.497 e. The van der Waals surface area contributed by atoms with Crippen LogP contribution < -0.4 is 14.2 Å². The molecule has 0 aliphatic carbocycles. The Bertz CT molecular complexity index is 1050. The molecule has 2 aromatic rings. The van der Waals surface area contributed by atoms with Crippen LogP contribution in [0, 0.1) is 10.1 Å². The predicted octanol–water partition coefficient (Wildman–Crippen LogP) is 3.15. The van der Waals surface area contributed by atoms with Gasteiger partial charge in [-0.2, -0.15) is 0 Å². The molecule has 0 spiro atoms. The van der Waals surface area contributed by atoms with Crippen LogP contribution in [0.5, 0.6) is 11.5 Å². The molecular formula is C21H28ClN3O6S. The highest BCUT2D eigenvalue weighted by atomic mass is 35.5. The molecule has 1 heterocycles. The average Bonchev–Trinajstić information content (AvgIpc) is 2.77. The van der Waals surface area contributed by atoms with E-state index in [1.54, 1.807) is 24.3 Å². The maximum Gasteiger partial charge on any atom is 0.269 e. The number of unbranched alkanes of at least 4 members (excludes halogenated alkanes) is 1. The monoisotopic (exact) mass is 485 g/mol. The first kappa shape index (κ1) is 25.9. The number of nitrogens with one attached hydrogen (secondary N) is 1. The Labute approximate surface area is 194 Å². The number of nitro groups is 1. The van der Waals surface area contributed by atoms with Crippen molar-refractivity contribution >= 4 is 28.1 Å². The van der Waals surface area contributed by atoms with Crippen molar-refractivity contribution in [1.82, 2.24) is 9.62 Å². The molecule has 1 aliphatic heterocycles. The van der Waals surface area contributed by atoms with E-state index < -0.39 is 10.0 Å². The van der Waals surface area contributed by atoms with Crippen molar-refractivity contribution in [3.63, 3.8) is 0 Å². The standard InChI is InChI=1S/C21H27N3O6S.ClH/c1-29-19-7-8-20(30-2)21(14-19)31(27,28)22-10-3-4-11-23-12-9-16-5-6-18(24(25)26)13-17(16)15-23;/h5-8,13-14,22H,3-4,9-12,15H2,1-2H3;1H. The number of hydrogen-bond acceptors (Lipinski definition) is 7. The number of nitrogens with zero attached hydrogens (tertiary/aromatic N) is 2. The number of methoxy groups -OCH3 is 2. The van der Waals surface area contributed by atoms with Crippen molar-refractivity contribution in [3.05, 3.63) is 57.6 Å². The van der Waals surface area contributed by atoms with E-state index in [0.717, 1.165) is 37.1 Å². The van der Waals surface area contributed by atoms with Gasteiger partial charge < -0.3 is 9.47 Å². The van der Waals surface area contributed by atoms with E-state index in [2.05, 4.69) is 9.62 Å². The van der Waals surface area contributed by atoms with Gasteiger partial charge >= 0.3 is 0 Å². The summed E-state index contributed by atoms with van der Waals surface area (Å²) >= 11 is 0. The summed E-state index contributed by atoms with van der Waals surface area (Å²) in [4.78, 5) is 12.9. The molecule has 0 radical (unpaired) electrons. The normalized spacial score (nSPS) is 13.7. The molecule has 0 unspecified atom stereocenters. The fourth-order valence-corrected chi connectivity index (χ4v) is 4.90. The minimum atomic E-state index is -3.73. The topological polar surface area (TPSA) is 111 Å². The number of benzene rings is 2. The third kappa shape index (κ3) is 6.32. The van der Waals surface area contributed by atoms with Gasteiger partial charge in [0.05, 0.1) is 19.1 Å². The van der Waals surface area contributed by atoms with Gasteiger partial charge in [0.15, 0.2) is 0 Å². The number of halogens is 1. The van der Waals surface area contributed by atoms with Crippen LogP contribution in [0.25, 0.3) is 0 Å². The zero-order valence-electron chi connectivity index (χ0n) is 18.1. The van der Waals surface area contributed by atoms with Gasteiger partial charge in [-0.3, -0.25) is 15.0 Å². The summed E-state index contributed by atoms with van der Waals surface area (Å²) in [6.45, 7) is 2.66. The fourth-order valence-electron chi connectivity index (χ4n) is 3.65. The molecule has 176 valence electrons. The predicted molar refractivity (Wildman–Crippen MR) is 123 cm³/mol. The Morgan fingerprint density at radius 1 is 1.09 bits per heavy atom. The van der Waals surface area contributed by atoms with Gasteiger partial charge in [-0.15, -0.1) is 12.4 Å². The van der Waals surface area contributed by atoms with E-state index in [9.17, 15) is 18.5 Å². The van der Waals surface area contributed by atoms with Gasteiger partial charge in [0.2, 0.25) is 10.0 Å². The first-order valence-electron chi connectivity index (χ1n) is 10.0. The number of non-ortho nitro benzene ring substituents is 1. The van der Waals surface area contributed by atoms with Crippen molar-refractivity contribution in [1.29, 1.82) is 0 Å².